The van der Waals surface area contributed by atoms with Gasteiger partial charge in [-0.15, -0.1) is 0 Å². The summed E-state index contributed by atoms with van der Waals surface area (Å²) in [4.78, 5) is 9.83. The summed E-state index contributed by atoms with van der Waals surface area (Å²) in [6.45, 7) is 0. The van der Waals surface area contributed by atoms with E-state index in [1.54, 1.807) is 0 Å². The van der Waals surface area contributed by atoms with E-state index in [0.29, 0.717) is 0 Å². The fourth-order valence-electron chi connectivity index (χ4n) is 0. The van der Waals surface area contributed by atoms with Crippen molar-refractivity contribution in [2.75, 3.05) is 6.26 Å². The average Bonchev–Trinajstić information content (AvgIpc) is 1.36. The van der Waals surface area contributed by atoms with E-state index < -0.39 is 10.7 Å². The Balaban J connectivity index is 3.57. The number of carbonyl (C=O) groups is 1. The molecule has 0 fully saturated rings. The molecule has 0 saturated heterocycles. The molecule has 0 aromatic heterocycles. The topological polar surface area (TPSA) is 40.9 Å². The first-order valence-electron chi connectivity index (χ1n) is 1.24. The third-order valence-electron chi connectivity index (χ3n) is 0.262. The first-order valence-corrected chi connectivity index (χ1v) is 3.32. The molecule has 0 bridgehead atoms. The maximum Gasteiger partial charge on any atom is 0.253 e. The average molecular weight is 123 g/mol. The quantitative estimate of drug-likeness (QED) is 0.464. The molecule has 0 aromatic carbocycles. The molecule has 0 rings (SSSR count). The molecule has 4 heteroatoms. The molecular weight excluding hydrogens is 118 g/mol. The summed E-state index contributed by atoms with van der Waals surface area (Å²) in [5.74, 6) is 0. The molecule has 0 saturated carbocycles. The molecule has 36 valence electrons. The van der Waals surface area contributed by atoms with E-state index in [9.17, 15) is 4.79 Å². The normalized spacial score (nSPS) is 13.7. The second-order valence-corrected chi connectivity index (χ2v) is 2.88. The van der Waals surface area contributed by atoms with E-state index >= 15 is 0 Å². The Hall–Kier alpha value is 0.170. The van der Waals surface area contributed by atoms with Crippen molar-refractivity contribution in [2.45, 2.75) is 0 Å². The fourth-order valence-corrected chi connectivity index (χ4v) is 0. The lowest BCUT2D eigenvalue weighted by Crippen LogP contribution is -1.87. The van der Waals surface area contributed by atoms with Crippen molar-refractivity contribution in [2.24, 2.45) is 0 Å². The van der Waals surface area contributed by atoms with E-state index in [2.05, 4.69) is 12.6 Å². The minimum atomic E-state index is -0.892. The summed E-state index contributed by atoms with van der Waals surface area (Å²) in [7, 11) is -0.892. The van der Waals surface area contributed by atoms with Gasteiger partial charge in [-0.2, -0.15) is 0 Å². The highest BCUT2D eigenvalue weighted by atomic mass is 32.2. The van der Waals surface area contributed by atoms with Gasteiger partial charge in [0, 0.05) is 6.26 Å². The molecule has 1 N–H and O–H groups in total. The van der Waals surface area contributed by atoms with Gasteiger partial charge in [0.25, 0.3) is 4.45 Å². The van der Waals surface area contributed by atoms with Crippen molar-refractivity contribution in [3.8, 4) is 0 Å². The smallest absolute Gasteiger partial charge is 0.253 e. The van der Waals surface area contributed by atoms with Crippen LogP contribution in [-0.2, 0) is 10.7 Å². The second-order valence-electron chi connectivity index (χ2n) is 0.776. The zero-order valence-electron chi connectivity index (χ0n) is 3.26. The molecule has 0 aromatic rings. The monoisotopic (exact) mass is 123 g/mol. The van der Waals surface area contributed by atoms with Crippen molar-refractivity contribution in [3.63, 3.8) is 0 Å². The summed E-state index contributed by atoms with van der Waals surface area (Å²) >= 11 is 3.38. The Morgan fingerprint density at radius 1 is 2.00 bits per heavy atom. The Morgan fingerprint density at radius 2 is 2.17 bits per heavy atom. The SMILES string of the molecule is CS(=N)C(=O)S. The van der Waals surface area contributed by atoms with Gasteiger partial charge in [0.1, 0.15) is 0 Å². The molecule has 0 spiro atoms. The van der Waals surface area contributed by atoms with Crippen LogP contribution in [0, 0.1) is 4.78 Å². The fraction of sp³-hybridized carbons (Fsp3) is 0.500. The van der Waals surface area contributed by atoms with Gasteiger partial charge in [0.15, 0.2) is 0 Å². The number of rotatable bonds is 0. The largest absolute Gasteiger partial charge is 0.274 e. The van der Waals surface area contributed by atoms with Crippen molar-refractivity contribution in [3.05, 3.63) is 0 Å². The number of thiol groups is 1. The van der Waals surface area contributed by atoms with Crippen LogP contribution in [0.3, 0.4) is 0 Å². The van der Waals surface area contributed by atoms with E-state index in [4.69, 9.17) is 4.78 Å². The standard InChI is InChI=1S/C2H5NOS2/c1-6(3)2(4)5/h3H,1H3,(H,4,5). The zero-order valence-corrected chi connectivity index (χ0v) is 4.97. The zero-order chi connectivity index (χ0) is 5.15. The van der Waals surface area contributed by atoms with Crippen LogP contribution in [0.25, 0.3) is 0 Å². The highest BCUT2D eigenvalue weighted by Crippen LogP contribution is 1.85. The summed E-state index contributed by atoms with van der Waals surface area (Å²) in [5.41, 5.74) is 0. The van der Waals surface area contributed by atoms with Crippen LogP contribution in [0.1, 0.15) is 0 Å². The lowest BCUT2D eigenvalue weighted by Gasteiger charge is -1.80. The second kappa shape index (κ2) is 2.36. The van der Waals surface area contributed by atoms with Gasteiger partial charge in [-0.1, -0.05) is 12.6 Å². The molecule has 0 heterocycles. The van der Waals surface area contributed by atoms with Gasteiger partial charge in [-0.3, -0.25) is 9.57 Å². The maximum atomic E-state index is 9.83. The van der Waals surface area contributed by atoms with Crippen LogP contribution >= 0.6 is 12.6 Å². The molecule has 0 radical (unpaired) electrons. The Bertz CT molecular complexity index is 77.5. The van der Waals surface area contributed by atoms with Crippen molar-refractivity contribution < 1.29 is 4.79 Å². The van der Waals surface area contributed by atoms with Gasteiger partial charge in [-0.25, -0.2) is 0 Å². The third kappa shape index (κ3) is 2.41. The molecule has 0 aliphatic carbocycles. The molecule has 0 aliphatic rings. The van der Waals surface area contributed by atoms with Crippen LogP contribution in [0.4, 0.5) is 4.79 Å². The minimum Gasteiger partial charge on any atom is -0.274 e. The van der Waals surface area contributed by atoms with Crippen molar-refractivity contribution in [1.82, 2.24) is 0 Å². The minimum absolute atomic E-state index is 0.352. The predicted molar refractivity (Wildman–Crippen MR) is 30.4 cm³/mol. The van der Waals surface area contributed by atoms with Gasteiger partial charge >= 0.3 is 0 Å². The molecule has 0 amide bonds. The Kier molecular flexibility index (Phi) is 2.43. The first kappa shape index (κ1) is 6.17. The van der Waals surface area contributed by atoms with Crippen LogP contribution < -0.4 is 0 Å². The van der Waals surface area contributed by atoms with Gasteiger partial charge in [0.2, 0.25) is 0 Å². The van der Waals surface area contributed by atoms with Crippen LogP contribution in [0.15, 0.2) is 0 Å². The highest BCUT2D eigenvalue weighted by Gasteiger charge is 1.88. The third-order valence-corrected chi connectivity index (χ3v) is 1.61. The summed E-state index contributed by atoms with van der Waals surface area (Å²) < 4.78 is 6.28. The number of nitrogens with one attached hydrogen (secondary N) is 1. The van der Waals surface area contributed by atoms with Crippen molar-refractivity contribution >= 4 is 27.8 Å². The van der Waals surface area contributed by atoms with E-state index in [0.717, 1.165) is 0 Å². The predicted octanol–water partition coefficient (Wildman–Crippen LogP) is 1.05. The van der Waals surface area contributed by atoms with Crippen LogP contribution in [-0.4, -0.2) is 10.7 Å². The van der Waals surface area contributed by atoms with Crippen LogP contribution in [0.2, 0.25) is 0 Å². The first-order chi connectivity index (χ1) is 2.64. The van der Waals surface area contributed by atoms with E-state index in [1.165, 1.54) is 6.26 Å². The Morgan fingerprint density at radius 3 is 2.17 bits per heavy atom. The summed E-state index contributed by atoms with van der Waals surface area (Å²) in [5, 5.41) is 0. The van der Waals surface area contributed by atoms with Gasteiger partial charge < -0.3 is 0 Å². The Labute approximate surface area is 44.2 Å². The van der Waals surface area contributed by atoms with Gasteiger partial charge in [-0.05, 0) is 10.7 Å². The summed E-state index contributed by atoms with van der Waals surface area (Å²) in [6.07, 6.45) is 1.51. The maximum absolute atomic E-state index is 9.83. The molecular formula is C2H5NOS2. The van der Waals surface area contributed by atoms with Gasteiger partial charge in [0.05, 0.1) is 0 Å². The number of carbonyl (C=O) groups excluding carboxylic acids is 1. The molecule has 1 atom stereocenters. The molecule has 6 heavy (non-hydrogen) atoms. The van der Waals surface area contributed by atoms with E-state index in [1.807, 2.05) is 0 Å². The number of hydrogen-bond donors (Lipinski definition) is 2. The lowest BCUT2D eigenvalue weighted by molar-refractivity contribution is 0.276. The van der Waals surface area contributed by atoms with E-state index in [-0.39, 0.29) is 4.45 Å². The molecule has 1 unspecified atom stereocenters. The number of hydrogen-bond acceptors (Lipinski definition) is 2. The molecule has 0 aliphatic heterocycles. The van der Waals surface area contributed by atoms with Crippen molar-refractivity contribution in [1.29, 1.82) is 4.78 Å². The van der Waals surface area contributed by atoms with Crippen LogP contribution in [0.5, 0.6) is 0 Å². The molecule has 2 nitrogen and oxygen atoms in total. The highest BCUT2D eigenvalue weighted by molar-refractivity contribution is 8.24. The lowest BCUT2D eigenvalue weighted by atomic mass is 11.8. The summed E-state index contributed by atoms with van der Waals surface area (Å²) in [6, 6.07) is 0.